The summed E-state index contributed by atoms with van der Waals surface area (Å²) in [4.78, 5) is 2.80. The van der Waals surface area contributed by atoms with Crippen molar-refractivity contribution in [3.8, 4) is 23.7 Å². The van der Waals surface area contributed by atoms with E-state index in [-0.39, 0.29) is 20.5 Å². The molecular weight excluding hydrogens is 677 g/mol. The Morgan fingerprint density at radius 2 is 1.84 bits per heavy atom. The maximum absolute atomic E-state index is 11.9. The molecule has 0 atom stereocenters. The summed E-state index contributed by atoms with van der Waals surface area (Å²) in [6.07, 6.45) is 5.53. The van der Waals surface area contributed by atoms with Crippen LogP contribution in [0.1, 0.15) is 38.3 Å². The van der Waals surface area contributed by atoms with Gasteiger partial charge in [-0.15, -0.1) is 0 Å². The highest BCUT2D eigenvalue weighted by molar-refractivity contribution is 14.1. The van der Waals surface area contributed by atoms with Crippen LogP contribution in [0.4, 0.5) is 11.4 Å². The Bertz CT molecular complexity index is 1690. The van der Waals surface area contributed by atoms with Crippen LogP contribution in [0.2, 0.25) is 0 Å². The standard InChI is InChI=1S/C32H38IN5O4S/c1-31(37-18-20-42-21-19-37)11-13-32(33,14-12-31)36-27-7-4-8-29-26(27)22-24(38(29)17-15-34)6-5-16-35-28-10-9-25(43(3,39)40)23-30(28)41-2/h4,7-10,22-23,35-36H,11-14,16-21H2,1-3H3. The highest BCUT2D eigenvalue weighted by Gasteiger charge is 2.42. The molecule has 0 bridgehead atoms. The van der Waals surface area contributed by atoms with Gasteiger partial charge in [-0.25, -0.2) is 8.42 Å². The average molecular weight is 716 g/mol. The van der Waals surface area contributed by atoms with Gasteiger partial charge in [0.25, 0.3) is 0 Å². The molecule has 1 saturated heterocycles. The van der Waals surface area contributed by atoms with E-state index in [0.29, 0.717) is 18.0 Å². The molecule has 1 aliphatic heterocycles. The van der Waals surface area contributed by atoms with Gasteiger partial charge in [0, 0.05) is 42.0 Å². The van der Waals surface area contributed by atoms with Crippen molar-refractivity contribution in [2.45, 2.75) is 53.1 Å². The largest absolute Gasteiger partial charge is 0.495 e. The molecule has 43 heavy (non-hydrogen) atoms. The van der Waals surface area contributed by atoms with Gasteiger partial charge in [0.1, 0.15) is 12.3 Å². The Kier molecular flexibility index (Phi) is 9.47. The number of rotatable bonds is 8. The number of sulfone groups is 1. The predicted octanol–water partition coefficient (Wildman–Crippen LogP) is 5.25. The van der Waals surface area contributed by atoms with Crippen molar-refractivity contribution in [2.75, 3.05) is 56.8 Å². The number of halogens is 1. The quantitative estimate of drug-likeness (QED) is 0.141. The number of nitriles is 1. The number of benzene rings is 2. The number of morpholine rings is 1. The maximum atomic E-state index is 11.9. The molecule has 11 heteroatoms. The zero-order chi connectivity index (χ0) is 30.7. The van der Waals surface area contributed by atoms with Gasteiger partial charge in [-0.2, -0.15) is 5.26 Å². The topological polar surface area (TPSA) is 109 Å². The van der Waals surface area contributed by atoms with Gasteiger partial charge < -0.3 is 24.7 Å². The van der Waals surface area contributed by atoms with E-state index in [1.807, 2.05) is 16.7 Å². The summed E-state index contributed by atoms with van der Waals surface area (Å²) >= 11 is 2.60. The summed E-state index contributed by atoms with van der Waals surface area (Å²) in [5.74, 6) is 6.82. The van der Waals surface area contributed by atoms with Gasteiger partial charge in [0.05, 0.1) is 58.3 Å². The van der Waals surface area contributed by atoms with Gasteiger partial charge in [0.2, 0.25) is 0 Å². The number of methoxy groups -OCH3 is 1. The van der Waals surface area contributed by atoms with Gasteiger partial charge in [-0.1, -0.05) is 34.6 Å². The van der Waals surface area contributed by atoms with Gasteiger partial charge >= 0.3 is 0 Å². The number of hydrogen-bond acceptors (Lipinski definition) is 8. The summed E-state index contributed by atoms with van der Waals surface area (Å²) < 4.78 is 36.6. The zero-order valence-corrected chi connectivity index (χ0v) is 27.8. The SMILES string of the molecule is COc1cc(S(C)(=O)=O)ccc1NCC#Cc1cc2c(NC3(I)CCC(C)(N4CCOCC4)CC3)cccc2n1CC#N. The number of fused-ring (bicyclic) bond motifs is 1. The second kappa shape index (κ2) is 12.9. The second-order valence-electron chi connectivity index (χ2n) is 11.5. The molecule has 0 spiro atoms. The van der Waals surface area contributed by atoms with Crippen LogP contribution in [0.5, 0.6) is 5.75 Å². The minimum absolute atomic E-state index is 0.0589. The minimum Gasteiger partial charge on any atom is -0.495 e. The van der Waals surface area contributed by atoms with E-state index in [9.17, 15) is 13.7 Å². The third-order valence-corrected chi connectivity index (χ3v) is 11.1. The Morgan fingerprint density at radius 3 is 2.51 bits per heavy atom. The van der Waals surface area contributed by atoms with Crippen LogP contribution in [0.15, 0.2) is 47.4 Å². The monoisotopic (exact) mass is 715 g/mol. The van der Waals surface area contributed by atoms with Crippen LogP contribution >= 0.6 is 22.6 Å². The number of anilines is 2. The lowest BCUT2D eigenvalue weighted by Gasteiger charge is -2.49. The molecule has 2 aliphatic rings. The van der Waals surface area contributed by atoms with E-state index < -0.39 is 9.84 Å². The lowest BCUT2D eigenvalue weighted by atomic mass is 9.79. The molecule has 2 heterocycles. The normalized spacial score (nSPS) is 22.8. The van der Waals surface area contributed by atoms with Gasteiger partial charge in [-0.3, -0.25) is 4.90 Å². The van der Waals surface area contributed by atoms with Gasteiger partial charge in [0.15, 0.2) is 9.84 Å². The van der Waals surface area contributed by atoms with Crippen molar-refractivity contribution >= 4 is 54.7 Å². The third-order valence-electron chi connectivity index (χ3n) is 8.61. The molecule has 5 rings (SSSR count). The van der Waals surface area contributed by atoms with E-state index >= 15 is 0 Å². The van der Waals surface area contributed by atoms with Crippen molar-refractivity contribution in [3.63, 3.8) is 0 Å². The molecule has 2 fully saturated rings. The first kappa shape index (κ1) is 31.5. The summed E-state index contributed by atoms with van der Waals surface area (Å²) in [6.45, 7) is 6.55. The molecule has 0 unspecified atom stereocenters. The number of alkyl halides is 1. The fourth-order valence-corrected chi connectivity index (χ4v) is 7.50. The van der Waals surface area contributed by atoms with Crippen molar-refractivity contribution in [3.05, 3.63) is 48.2 Å². The average Bonchev–Trinajstić information content (AvgIpc) is 3.35. The van der Waals surface area contributed by atoms with Crippen LogP contribution in [0.25, 0.3) is 10.9 Å². The van der Waals surface area contributed by atoms with Gasteiger partial charge in [-0.05, 0) is 68.9 Å². The first-order valence-electron chi connectivity index (χ1n) is 14.5. The van der Waals surface area contributed by atoms with Crippen LogP contribution in [0, 0.1) is 23.2 Å². The van der Waals surface area contributed by atoms with E-state index in [2.05, 4.69) is 75.1 Å². The van der Waals surface area contributed by atoms with E-state index in [1.165, 1.54) is 19.4 Å². The predicted molar refractivity (Wildman–Crippen MR) is 179 cm³/mol. The number of hydrogen-bond donors (Lipinski definition) is 2. The van der Waals surface area contributed by atoms with E-state index in [1.54, 1.807) is 12.1 Å². The highest BCUT2D eigenvalue weighted by Crippen LogP contribution is 2.45. The molecule has 9 nitrogen and oxygen atoms in total. The molecule has 3 aromatic rings. The number of nitrogens with one attached hydrogen (secondary N) is 2. The third kappa shape index (κ3) is 7.07. The van der Waals surface area contributed by atoms with Crippen molar-refractivity contribution in [2.24, 2.45) is 0 Å². The lowest BCUT2D eigenvalue weighted by molar-refractivity contribution is -0.0311. The number of nitrogens with zero attached hydrogens (tertiary/aromatic N) is 3. The Labute approximate surface area is 268 Å². The summed E-state index contributed by atoms with van der Waals surface area (Å²) in [5, 5.41) is 17.7. The van der Waals surface area contributed by atoms with Crippen molar-refractivity contribution in [1.82, 2.24) is 9.47 Å². The van der Waals surface area contributed by atoms with Crippen molar-refractivity contribution < 1.29 is 17.9 Å². The molecule has 2 aromatic carbocycles. The van der Waals surface area contributed by atoms with Crippen LogP contribution in [-0.2, 0) is 21.1 Å². The highest BCUT2D eigenvalue weighted by atomic mass is 127. The molecule has 1 aromatic heterocycles. The summed E-state index contributed by atoms with van der Waals surface area (Å²) in [5.41, 5.74) is 3.64. The van der Waals surface area contributed by atoms with E-state index in [4.69, 9.17) is 9.47 Å². The minimum atomic E-state index is -3.34. The molecule has 0 radical (unpaired) electrons. The molecular formula is C32H38IN5O4S. The second-order valence-corrected chi connectivity index (χ2v) is 15.6. The number of aromatic nitrogens is 1. The van der Waals surface area contributed by atoms with Crippen molar-refractivity contribution in [1.29, 1.82) is 5.26 Å². The molecule has 2 N–H and O–H groups in total. The molecule has 0 amide bonds. The smallest absolute Gasteiger partial charge is 0.175 e. The molecule has 1 aliphatic carbocycles. The fraction of sp³-hybridized carbons (Fsp3) is 0.469. The van der Waals surface area contributed by atoms with E-state index in [0.717, 1.165) is 74.3 Å². The number of ether oxygens (including phenoxy) is 2. The maximum Gasteiger partial charge on any atom is 0.175 e. The molecule has 228 valence electrons. The lowest BCUT2D eigenvalue weighted by Crippen LogP contribution is -2.55. The van der Waals surface area contributed by atoms with Crippen LogP contribution in [-0.4, -0.2) is 73.2 Å². The molecule has 1 saturated carbocycles. The van der Waals surface area contributed by atoms with Crippen LogP contribution in [0.3, 0.4) is 0 Å². The summed E-state index contributed by atoms with van der Waals surface area (Å²) in [6, 6.07) is 15.2. The fourth-order valence-electron chi connectivity index (χ4n) is 6.03. The Hall–Kier alpha value is -2.97. The first-order valence-corrected chi connectivity index (χ1v) is 17.4. The Balaban J connectivity index is 1.33. The summed E-state index contributed by atoms with van der Waals surface area (Å²) in [7, 11) is -1.84. The first-order chi connectivity index (χ1) is 20.5. The van der Waals surface area contributed by atoms with Crippen LogP contribution < -0.4 is 15.4 Å². The zero-order valence-electron chi connectivity index (χ0n) is 24.9. The Morgan fingerprint density at radius 1 is 1.09 bits per heavy atom.